The minimum atomic E-state index is -0.569. The summed E-state index contributed by atoms with van der Waals surface area (Å²) in [5.74, 6) is -0.981. The summed E-state index contributed by atoms with van der Waals surface area (Å²) in [6.45, 7) is 3.30. The van der Waals surface area contributed by atoms with Crippen LogP contribution in [0.5, 0.6) is 11.5 Å². The standard InChI is InChI=1S/C23H21N5O4/c1-14(17-7-3-5-9-20(17)29)25-27-22(31)16-11-12-19(24-13-16)23(32)28-26-15(2)18-8-4-6-10-21(18)30/h3-13,29-30H,1-2H3,(H,27,31)(H,28,32)/b25-14+,26-15+. The quantitative estimate of drug-likeness (QED) is 0.351. The molecule has 1 aromatic heterocycles. The van der Waals surface area contributed by atoms with Gasteiger partial charge in [0.25, 0.3) is 11.8 Å². The predicted molar refractivity (Wildman–Crippen MR) is 120 cm³/mol. The van der Waals surface area contributed by atoms with Crippen molar-refractivity contribution in [3.05, 3.63) is 89.2 Å². The molecule has 9 heteroatoms. The average molecular weight is 431 g/mol. The monoisotopic (exact) mass is 431 g/mol. The van der Waals surface area contributed by atoms with Gasteiger partial charge in [-0.15, -0.1) is 0 Å². The number of benzene rings is 2. The smallest absolute Gasteiger partial charge is 0.289 e. The molecule has 0 saturated carbocycles. The lowest BCUT2D eigenvalue weighted by Gasteiger charge is -2.06. The van der Waals surface area contributed by atoms with Crippen LogP contribution in [0.4, 0.5) is 0 Å². The second-order valence-corrected chi connectivity index (χ2v) is 6.74. The van der Waals surface area contributed by atoms with Crippen LogP contribution in [0.3, 0.4) is 0 Å². The number of nitrogens with one attached hydrogen (secondary N) is 2. The van der Waals surface area contributed by atoms with Crippen LogP contribution >= 0.6 is 0 Å². The lowest BCUT2D eigenvalue weighted by Crippen LogP contribution is -2.22. The van der Waals surface area contributed by atoms with Crippen LogP contribution < -0.4 is 10.9 Å². The van der Waals surface area contributed by atoms with E-state index in [0.717, 1.165) is 0 Å². The van der Waals surface area contributed by atoms with Crippen molar-refractivity contribution in [2.45, 2.75) is 13.8 Å². The van der Waals surface area contributed by atoms with Gasteiger partial charge in [-0.05, 0) is 50.2 Å². The SMILES string of the molecule is C/C(=N\NC(=O)c1ccc(C(=O)N/N=C(\C)c2ccccc2O)nc1)c1ccccc1O. The first-order valence-corrected chi connectivity index (χ1v) is 9.59. The third-order valence-corrected chi connectivity index (χ3v) is 4.50. The highest BCUT2D eigenvalue weighted by Gasteiger charge is 2.11. The van der Waals surface area contributed by atoms with Crippen LogP contribution in [0.2, 0.25) is 0 Å². The van der Waals surface area contributed by atoms with Crippen LogP contribution in [0, 0.1) is 0 Å². The van der Waals surface area contributed by atoms with Crippen LogP contribution in [0.15, 0.2) is 77.1 Å². The van der Waals surface area contributed by atoms with Crippen molar-refractivity contribution in [3.63, 3.8) is 0 Å². The van der Waals surface area contributed by atoms with E-state index in [9.17, 15) is 19.8 Å². The van der Waals surface area contributed by atoms with Gasteiger partial charge in [-0.25, -0.2) is 10.9 Å². The zero-order valence-electron chi connectivity index (χ0n) is 17.4. The number of para-hydroxylation sites is 2. The molecule has 2 amide bonds. The summed E-state index contributed by atoms with van der Waals surface area (Å²) in [5.41, 5.74) is 6.85. The highest BCUT2D eigenvalue weighted by atomic mass is 16.3. The van der Waals surface area contributed by atoms with Gasteiger partial charge in [0, 0.05) is 17.3 Å². The second kappa shape index (κ2) is 9.98. The van der Waals surface area contributed by atoms with Crippen molar-refractivity contribution >= 4 is 23.2 Å². The maximum Gasteiger partial charge on any atom is 0.289 e. The van der Waals surface area contributed by atoms with Crippen LogP contribution in [0.1, 0.15) is 45.8 Å². The number of hydrazone groups is 2. The molecule has 0 spiro atoms. The number of hydrogen-bond acceptors (Lipinski definition) is 7. The minimum absolute atomic E-state index is 0.0526. The largest absolute Gasteiger partial charge is 0.507 e. The minimum Gasteiger partial charge on any atom is -0.507 e. The summed E-state index contributed by atoms with van der Waals surface area (Å²) in [7, 11) is 0. The lowest BCUT2D eigenvalue weighted by molar-refractivity contribution is 0.0939. The van der Waals surface area contributed by atoms with E-state index in [1.165, 1.54) is 30.5 Å². The van der Waals surface area contributed by atoms with Gasteiger partial charge in [0.15, 0.2) is 0 Å². The van der Waals surface area contributed by atoms with Crippen molar-refractivity contribution in [2.24, 2.45) is 10.2 Å². The number of carbonyl (C=O) groups is 2. The first kappa shape index (κ1) is 22.2. The fourth-order valence-electron chi connectivity index (χ4n) is 2.73. The van der Waals surface area contributed by atoms with E-state index in [0.29, 0.717) is 22.6 Å². The number of phenols is 2. The molecule has 0 fully saturated rings. The molecular weight excluding hydrogens is 410 g/mol. The molecule has 162 valence electrons. The second-order valence-electron chi connectivity index (χ2n) is 6.74. The van der Waals surface area contributed by atoms with Gasteiger partial charge >= 0.3 is 0 Å². The van der Waals surface area contributed by atoms with Gasteiger partial charge in [-0.2, -0.15) is 10.2 Å². The van der Waals surface area contributed by atoms with Crippen molar-refractivity contribution < 1.29 is 19.8 Å². The Labute approximate surface area is 184 Å². The van der Waals surface area contributed by atoms with Crippen LogP contribution in [-0.4, -0.2) is 38.4 Å². The highest BCUT2D eigenvalue weighted by Crippen LogP contribution is 2.17. The summed E-state index contributed by atoms with van der Waals surface area (Å²) >= 11 is 0. The summed E-state index contributed by atoms with van der Waals surface area (Å²) in [6, 6.07) is 16.1. The number of rotatable bonds is 6. The summed E-state index contributed by atoms with van der Waals surface area (Å²) < 4.78 is 0. The molecule has 9 nitrogen and oxygen atoms in total. The fourth-order valence-corrected chi connectivity index (χ4v) is 2.73. The van der Waals surface area contributed by atoms with Gasteiger partial charge in [0.1, 0.15) is 17.2 Å². The first-order chi connectivity index (χ1) is 15.4. The Morgan fingerprint density at radius 2 is 1.25 bits per heavy atom. The van der Waals surface area contributed by atoms with Crippen molar-refractivity contribution in [2.75, 3.05) is 0 Å². The Morgan fingerprint density at radius 3 is 1.72 bits per heavy atom. The third-order valence-electron chi connectivity index (χ3n) is 4.50. The topological polar surface area (TPSA) is 136 Å². The summed E-state index contributed by atoms with van der Waals surface area (Å²) in [5, 5.41) is 27.6. The average Bonchev–Trinajstić information content (AvgIpc) is 2.81. The molecule has 0 bridgehead atoms. The Balaban J connectivity index is 1.63. The molecule has 3 aromatic rings. The zero-order chi connectivity index (χ0) is 23.1. The van der Waals surface area contributed by atoms with Gasteiger partial charge in [0.2, 0.25) is 0 Å². The number of phenolic OH excluding ortho intramolecular Hbond substituents is 2. The van der Waals surface area contributed by atoms with E-state index >= 15 is 0 Å². The molecule has 0 radical (unpaired) electrons. The normalized spacial score (nSPS) is 11.7. The van der Waals surface area contributed by atoms with E-state index in [1.807, 2.05) is 0 Å². The molecule has 4 N–H and O–H groups in total. The predicted octanol–water partition coefficient (Wildman–Crippen LogP) is 2.80. The molecule has 0 saturated heterocycles. The molecule has 0 atom stereocenters. The summed E-state index contributed by atoms with van der Waals surface area (Å²) in [4.78, 5) is 28.5. The van der Waals surface area contributed by atoms with Gasteiger partial charge in [-0.1, -0.05) is 24.3 Å². The molecule has 0 aliphatic carbocycles. The van der Waals surface area contributed by atoms with E-state index in [-0.39, 0.29) is 22.8 Å². The Bertz CT molecular complexity index is 1110. The van der Waals surface area contributed by atoms with Gasteiger partial charge in [-0.3, -0.25) is 14.6 Å². The molecule has 3 rings (SSSR count). The molecular formula is C23H21N5O4. The number of amides is 2. The number of aromatic nitrogens is 1. The van der Waals surface area contributed by atoms with Gasteiger partial charge in [0.05, 0.1) is 17.0 Å². The molecule has 0 unspecified atom stereocenters. The summed E-state index contributed by atoms with van der Waals surface area (Å²) in [6.07, 6.45) is 1.24. The third kappa shape index (κ3) is 5.33. The molecule has 0 aliphatic heterocycles. The highest BCUT2D eigenvalue weighted by molar-refractivity contribution is 6.03. The molecule has 32 heavy (non-hydrogen) atoms. The van der Waals surface area contributed by atoms with Crippen molar-refractivity contribution in [3.8, 4) is 11.5 Å². The molecule has 1 heterocycles. The van der Waals surface area contributed by atoms with Crippen molar-refractivity contribution in [1.29, 1.82) is 0 Å². The number of hydrogen-bond donors (Lipinski definition) is 4. The number of carbonyl (C=O) groups excluding carboxylic acids is 2. The lowest BCUT2D eigenvalue weighted by atomic mass is 10.1. The van der Waals surface area contributed by atoms with E-state index < -0.39 is 11.8 Å². The number of nitrogens with zero attached hydrogens (tertiary/aromatic N) is 3. The Morgan fingerprint density at radius 1 is 0.750 bits per heavy atom. The first-order valence-electron chi connectivity index (χ1n) is 9.59. The van der Waals surface area contributed by atoms with E-state index in [2.05, 4.69) is 26.0 Å². The van der Waals surface area contributed by atoms with E-state index in [1.54, 1.807) is 50.2 Å². The van der Waals surface area contributed by atoms with E-state index in [4.69, 9.17) is 0 Å². The Hall–Kier alpha value is -4.53. The Kier molecular flexibility index (Phi) is 6.92. The van der Waals surface area contributed by atoms with Gasteiger partial charge < -0.3 is 10.2 Å². The maximum atomic E-state index is 12.3. The van der Waals surface area contributed by atoms with Crippen LogP contribution in [0.25, 0.3) is 0 Å². The fraction of sp³-hybridized carbons (Fsp3) is 0.0870. The zero-order valence-corrected chi connectivity index (χ0v) is 17.4. The number of pyridine rings is 1. The molecule has 2 aromatic carbocycles. The van der Waals surface area contributed by atoms with Crippen molar-refractivity contribution in [1.82, 2.24) is 15.8 Å². The molecule has 0 aliphatic rings. The maximum absolute atomic E-state index is 12.3. The number of aromatic hydroxyl groups is 2. The van der Waals surface area contributed by atoms with Crippen LogP contribution in [-0.2, 0) is 0 Å².